The average Bonchev–Trinajstić information content (AvgIpc) is 2.86. The number of rotatable bonds is 5. The minimum atomic E-state index is -3.72. The molecule has 21 heavy (non-hydrogen) atoms. The van der Waals surface area contributed by atoms with E-state index in [1.165, 1.54) is 25.3 Å². The van der Waals surface area contributed by atoms with Crippen molar-refractivity contribution < 1.29 is 23.1 Å². The predicted octanol–water partition coefficient (Wildman–Crippen LogP) is 1.77. The number of nitrogens with one attached hydrogen (secondary N) is 1. The molecular weight excluding hydrogens is 362 g/mol. The Balaban J connectivity index is 2.15. The molecule has 2 N–H and O–H groups in total. The molecule has 1 aromatic carbocycles. The van der Waals surface area contributed by atoms with Crippen molar-refractivity contribution in [2.75, 3.05) is 7.11 Å². The van der Waals surface area contributed by atoms with Gasteiger partial charge in [0.1, 0.15) is 5.75 Å². The van der Waals surface area contributed by atoms with Crippen LogP contribution in [-0.4, -0.2) is 32.6 Å². The van der Waals surface area contributed by atoms with Gasteiger partial charge in [-0.25, -0.2) is 13.1 Å². The minimum absolute atomic E-state index is 0.0855. The molecule has 0 radical (unpaired) electrons. The summed E-state index contributed by atoms with van der Waals surface area (Å²) in [4.78, 5) is 10.9. The third-order valence-electron chi connectivity index (χ3n) is 3.14. The number of halogens is 1. The maximum Gasteiger partial charge on any atom is 0.310 e. The molecule has 8 heteroatoms. The summed E-state index contributed by atoms with van der Waals surface area (Å²) in [5.74, 6) is -1.08. The summed E-state index contributed by atoms with van der Waals surface area (Å²) >= 11 is 3.23. The average molecular weight is 376 g/mol. The number of ether oxygens (including phenoxy) is 1. The molecule has 1 aliphatic carbocycles. The zero-order valence-electron chi connectivity index (χ0n) is 11.1. The number of sulfonamides is 1. The first-order valence-electron chi connectivity index (χ1n) is 6.10. The number of methoxy groups -OCH3 is 1. The first kappa shape index (κ1) is 16.0. The summed E-state index contributed by atoms with van der Waals surface area (Å²) < 4.78 is 32.6. The summed E-state index contributed by atoms with van der Waals surface area (Å²) in [7, 11) is -2.23. The number of carbonyl (C=O) groups is 1. The highest BCUT2D eigenvalue weighted by molar-refractivity contribution is 9.10. The van der Waals surface area contributed by atoms with Crippen molar-refractivity contribution >= 4 is 31.9 Å². The summed E-state index contributed by atoms with van der Waals surface area (Å²) in [5.41, 5.74) is 0. The highest BCUT2D eigenvalue weighted by Gasteiger charge is 2.28. The lowest BCUT2D eigenvalue weighted by molar-refractivity contribution is -0.140. The van der Waals surface area contributed by atoms with Crippen molar-refractivity contribution in [1.29, 1.82) is 0 Å². The second kappa shape index (κ2) is 6.17. The fourth-order valence-corrected chi connectivity index (χ4v) is 3.97. The van der Waals surface area contributed by atoms with Crippen molar-refractivity contribution in [2.45, 2.75) is 17.4 Å². The van der Waals surface area contributed by atoms with Crippen LogP contribution in [0.15, 0.2) is 39.7 Å². The molecule has 114 valence electrons. The molecule has 0 fully saturated rings. The van der Waals surface area contributed by atoms with Crippen molar-refractivity contribution in [3.63, 3.8) is 0 Å². The minimum Gasteiger partial charge on any atom is -0.496 e. The smallest absolute Gasteiger partial charge is 0.310 e. The van der Waals surface area contributed by atoms with Gasteiger partial charge in [-0.1, -0.05) is 12.2 Å². The Morgan fingerprint density at radius 1 is 1.43 bits per heavy atom. The Bertz CT molecular complexity index is 686. The Labute approximate surface area is 131 Å². The SMILES string of the molecule is COc1ccc(S(=O)(=O)NC2C=CC(C(=O)O)C2)cc1Br. The van der Waals surface area contributed by atoms with Gasteiger partial charge in [-0.05, 0) is 40.5 Å². The Morgan fingerprint density at radius 3 is 2.67 bits per heavy atom. The van der Waals surface area contributed by atoms with E-state index in [0.29, 0.717) is 10.2 Å². The van der Waals surface area contributed by atoms with E-state index >= 15 is 0 Å². The fraction of sp³-hybridized carbons (Fsp3) is 0.308. The van der Waals surface area contributed by atoms with E-state index in [2.05, 4.69) is 20.7 Å². The second-order valence-electron chi connectivity index (χ2n) is 4.59. The molecule has 2 unspecified atom stereocenters. The van der Waals surface area contributed by atoms with Gasteiger partial charge in [0, 0.05) is 6.04 Å². The monoisotopic (exact) mass is 375 g/mol. The van der Waals surface area contributed by atoms with Crippen molar-refractivity contribution in [1.82, 2.24) is 4.72 Å². The van der Waals surface area contributed by atoms with Gasteiger partial charge >= 0.3 is 5.97 Å². The molecule has 1 aliphatic rings. The van der Waals surface area contributed by atoms with E-state index in [1.807, 2.05) is 0 Å². The molecule has 2 atom stereocenters. The van der Waals surface area contributed by atoms with Crippen LogP contribution in [-0.2, 0) is 14.8 Å². The molecule has 0 aliphatic heterocycles. The Hall–Kier alpha value is -1.38. The van der Waals surface area contributed by atoms with Gasteiger partial charge in [0.15, 0.2) is 0 Å². The largest absolute Gasteiger partial charge is 0.496 e. The lowest BCUT2D eigenvalue weighted by Crippen LogP contribution is -2.33. The molecule has 2 rings (SSSR count). The summed E-state index contributed by atoms with van der Waals surface area (Å²) in [6.45, 7) is 0. The Kier molecular flexibility index (Phi) is 4.70. The topological polar surface area (TPSA) is 92.7 Å². The van der Waals surface area contributed by atoms with Crippen LogP contribution in [0.3, 0.4) is 0 Å². The number of aliphatic carboxylic acids is 1. The van der Waals surface area contributed by atoms with Gasteiger partial charge in [-0.3, -0.25) is 4.79 Å². The van der Waals surface area contributed by atoms with Gasteiger partial charge in [-0.15, -0.1) is 0 Å². The van der Waals surface area contributed by atoms with Gasteiger partial charge in [0.25, 0.3) is 0 Å². The maximum atomic E-state index is 12.3. The van der Waals surface area contributed by atoms with Crippen molar-refractivity contribution in [3.8, 4) is 5.75 Å². The lowest BCUT2D eigenvalue weighted by atomic mass is 10.1. The quantitative estimate of drug-likeness (QED) is 0.764. The molecule has 0 amide bonds. The van der Waals surface area contributed by atoms with Crippen LogP contribution in [0, 0.1) is 5.92 Å². The van der Waals surface area contributed by atoms with Crippen LogP contribution >= 0.6 is 15.9 Å². The van der Waals surface area contributed by atoms with Gasteiger partial charge in [-0.2, -0.15) is 0 Å². The van der Waals surface area contributed by atoms with Crippen LogP contribution in [0.2, 0.25) is 0 Å². The van der Waals surface area contributed by atoms with Crippen LogP contribution in [0.25, 0.3) is 0 Å². The van der Waals surface area contributed by atoms with E-state index in [4.69, 9.17) is 9.84 Å². The summed E-state index contributed by atoms with van der Waals surface area (Å²) in [6.07, 6.45) is 3.28. The van der Waals surface area contributed by atoms with Crippen LogP contribution in [0.5, 0.6) is 5.75 Å². The molecule has 0 bridgehead atoms. The number of hydrogen-bond acceptors (Lipinski definition) is 4. The van der Waals surface area contributed by atoms with E-state index in [-0.39, 0.29) is 11.3 Å². The molecule has 0 saturated heterocycles. The van der Waals surface area contributed by atoms with E-state index in [9.17, 15) is 13.2 Å². The van der Waals surface area contributed by atoms with E-state index < -0.39 is 28.0 Å². The predicted molar refractivity (Wildman–Crippen MR) is 79.7 cm³/mol. The number of hydrogen-bond donors (Lipinski definition) is 2. The first-order chi connectivity index (χ1) is 9.83. The standard InChI is InChI=1S/C13H14BrNO5S/c1-20-12-5-4-10(7-11(12)14)21(18,19)15-9-3-2-8(6-9)13(16)17/h2-5,7-9,15H,6H2,1H3,(H,16,17). The van der Waals surface area contributed by atoms with Crippen LogP contribution < -0.4 is 9.46 Å². The first-order valence-corrected chi connectivity index (χ1v) is 8.38. The summed E-state index contributed by atoms with van der Waals surface area (Å²) in [5, 5.41) is 8.89. The number of carboxylic acids is 1. The lowest BCUT2D eigenvalue weighted by Gasteiger charge is -2.13. The highest BCUT2D eigenvalue weighted by atomic mass is 79.9. The summed E-state index contributed by atoms with van der Waals surface area (Å²) in [6, 6.07) is 3.90. The van der Waals surface area contributed by atoms with Crippen molar-refractivity contribution in [2.24, 2.45) is 5.92 Å². The fourth-order valence-electron chi connectivity index (χ4n) is 2.05. The number of benzene rings is 1. The van der Waals surface area contributed by atoms with E-state index in [0.717, 1.165) is 0 Å². The normalized spacial score (nSPS) is 21.4. The molecule has 0 spiro atoms. The third kappa shape index (κ3) is 3.63. The van der Waals surface area contributed by atoms with Gasteiger partial charge < -0.3 is 9.84 Å². The molecule has 0 saturated carbocycles. The second-order valence-corrected chi connectivity index (χ2v) is 7.16. The Morgan fingerprint density at radius 2 is 2.14 bits per heavy atom. The zero-order valence-corrected chi connectivity index (χ0v) is 13.5. The molecule has 1 aromatic rings. The van der Waals surface area contributed by atoms with Gasteiger partial charge in [0.2, 0.25) is 10.0 Å². The van der Waals surface area contributed by atoms with E-state index in [1.54, 1.807) is 12.1 Å². The molecule has 6 nitrogen and oxygen atoms in total. The maximum absolute atomic E-state index is 12.3. The number of carboxylic acid groups (broad SMARTS) is 1. The van der Waals surface area contributed by atoms with Crippen LogP contribution in [0.4, 0.5) is 0 Å². The van der Waals surface area contributed by atoms with Gasteiger partial charge in [0.05, 0.1) is 22.4 Å². The molecular formula is C13H14BrNO5S. The highest BCUT2D eigenvalue weighted by Crippen LogP contribution is 2.28. The van der Waals surface area contributed by atoms with Crippen LogP contribution in [0.1, 0.15) is 6.42 Å². The molecule has 0 aromatic heterocycles. The molecule has 0 heterocycles. The zero-order chi connectivity index (χ0) is 15.6. The van der Waals surface area contributed by atoms with Crippen molar-refractivity contribution in [3.05, 3.63) is 34.8 Å². The third-order valence-corrected chi connectivity index (χ3v) is 5.25.